The molecular formula is C24H26N4O3. The smallest absolute Gasteiger partial charge is 0.246 e. The molecule has 2 aliphatic rings. The fraction of sp³-hybridized carbons (Fsp3) is 0.292. The van der Waals surface area contributed by atoms with Gasteiger partial charge in [0, 0.05) is 25.7 Å². The highest BCUT2D eigenvalue weighted by Crippen LogP contribution is 2.34. The van der Waals surface area contributed by atoms with Gasteiger partial charge in [-0.2, -0.15) is 0 Å². The molecular weight excluding hydrogens is 392 g/mol. The number of amidine groups is 1. The van der Waals surface area contributed by atoms with E-state index in [1.807, 2.05) is 39.0 Å². The number of likely N-dealkylation sites (N-methyl/N-ethyl adjacent to an activating group) is 1. The molecule has 2 N–H and O–H groups in total. The quantitative estimate of drug-likeness (QED) is 0.766. The van der Waals surface area contributed by atoms with Crippen LogP contribution >= 0.6 is 0 Å². The number of ether oxygens (including phenoxy) is 2. The van der Waals surface area contributed by atoms with Crippen LogP contribution in [-0.4, -0.2) is 40.8 Å². The third-order valence-corrected chi connectivity index (χ3v) is 5.38. The van der Waals surface area contributed by atoms with E-state index in [9.17, 15) is 4.79 Å². The number of nitrogens with zero attached hydrogens (tertiary/aromatic N) is 3. The lowest BCUT2D eigenvalue weighted by Crippen LogP contribution is -2.45. The molecule has 0 atom stereocenters. The Hall–Kier alpha value is -3.61. The molecule has 7 heteroatoms. The van der Waals surface area contributed by atoms with Crippen LogP contribution in [0.5, 0.6) is 11.5 Å². The Morgan fingerprint density at radius 2 is 2.06 bits per heavy atom. The summed E-state index contributed by atoms with van der Waals surface area (Å²) in [6.45, 7) is 6.13. The number of hydrogen-bond donors (Lipinski definition) is 1. The number of benzene rings is 1. The molecule has 0 saturated carbocycles. The number of amides is 1. The number of allylic oxidation sites excluding steroid dienone is 1. The van der Waals surface area contributed by atoms with E-state index in [1.54, 1.807) is 30.3 Å². The van der Waals surface area contributed by atoms with Gasteiger partial charge in [-0.15, -0.1) is 0 Å². The number of para-hydroxylation sites is 1. The minimum absolute atomic E-state index is 0.135. The molecule has 160 valence electrons. The van der Waals surface area contributed by atoms with Crippen LogP contribution in [0.15, 0.2) is 58.9 Å². The van der Waals surface area contributed by atoms with E-state index in [0.717, 1.165) is 34.6 Å². The fourth-order valence-electron chi connectivity index (χ4n) is 3.39. The predicted octanol–water partition coefficient (Wildman–Crippen LogP) is 3.62. The van der Waals surface area contributed by atoms with E-state index in [2.05, 4.69) is 16.0 Å². The molecule has 1 amide bonds. The van der Waals surface area contributed by atoms with Crippen molar-refractivity contribution in [2.75, 3.05) is 13.6 Å². The van der Waals surface area contributed by atoms with Crippen molar-refractivity contribution in [1.29, 1.82) is 0 Å². The summed E-state index contributed by atoms with van der Waals surface area (Å²) in [6.07, 6.45) is 5.69. The van der Waals surface area contributed by atoms with Gasteiger partial charge in [-0.1, -0.05) is 18.2 Å². The number of aromatic nitrogens is 1. The molecule has 2 aromatic rings. The van der Waals surface area contributed by atoms with Crippen molar-refractivity contribution in [1.82, 2.24) is 9.88 Å². The molecule has 3 heterocycles. The molecule has 0 bridgehead atoms. The zero-order chi connectivity index (χ0) is 22.2. The van der Waals surface area contributed by atoms with Crippen LogP contribution in [0.4, 0.5) is 5.82 Å². The van der Waals surface area contributed by atoms with Crippen LogP contribution in [0.1, 0.15) is 31.9 Å². The highest BCUT2D eigenvalue weighted by Gasteiger charge is 2.31. The van der Waals surface area contributed by atoms with Gasteiger partial charge in [-0.05, 0) is 55.7 Å². The number of aliphatic imine (C=N–C) groups is 1. The van der Waals surface area contributed by atoms with Crippen LogP contribution in [0.25, 0.3) is 6.08 Å². The van der Waals surface area contributed by atoms with Crippen molar-refractivity contribution in [3.63, 3.8) is 0 Å². The Labute approximate surface area is 181 Å². The lowest BCUT2D eigenvalue weighted by atomic mass is 10.0. The van der Waals surface area contributed by atoms with Crippen LogP contribution in [0, 0.1) is 0 Å². The van der Waals surface area contributed by atoms with Crippen LogP contribution in [-0.2, 0) is 11.2 Å². The molecule has 1 aromatic heterocycles. The zero-order valence-electron chi connectivity index (χ0n) is 18.2. The Morgan fingerprint density at radius 3 is 2.87 bits per heavy atom. The van der Waals surface area contributed by atoms with Gasteiger partial charge >= 0.3 is 0 Å². The maximum atomic E-state index is 12.6. The van der Waals surface area contributed by atoms with Gasteiger partial charge in [0.15, 0.2) is 17.2 Å². The normalized spacial score (nSPS) is 16.7. The number of carbonyl (C=O) groups is 1. The molecule has 0 radical (unpaired) electrons. The minimum Gasteiger partial charge on any atom is -0.476 e. The number of nitrogens with two attached hydrogens (primary N) is 1. The average Bonchev–Trinajstić information content (AvgIpc) is 2.73. The van der Waals surface area contributed by atoms with Gasteiger partial charge in [0.25, 0.3) is 0 Å². The number of rotatable bonds is 4. The summed E-state index contributed by atoms with van der Waals surface area (Å²) in [5, 5.41) is 0. The maximum Gasteiger partial charge on any atom is 0.246 e. The minimum atomic E-state index is -0.697. The molecule has 0 saturated heterocycles. The second-order valence-electron chi connectivity index (χ2n) is 8.32. The molecule has 0 unspecified atom stereocenters. The van der Waals surface area contributed by atoms with Crippen molar-refractivity contribution >= 4 is 23.6 Å². The fourth-order valence-corrected chi connectivity index (χ4v) is 3.39. The van der Waals surface area contributed by atoms with E-state index in [-0.39, 0.29) is 5.91 Å². The predicted molar refractivity (Wildman–Crippen MR) is 120 cm³/mol. The second kappa shape index (κ2) is 7.91. The topological polar surface area (TPSA) is 90.0 Å². The summed E-state index contributed by atoms with van der Waals surface area (Å²) < 4.78 is 11.9. The lowest BCUT2D eigenvalue weighted by molar-refractivity contribution is -0.124. The van der Waals surface area contributed by atoms with E-state index in [0.29, 0.717) is 23.9 Å². The summed E-state index contributed by atoms with van der Waals surface area (Å²) in [4.78, 5) is 22.9. The highest BCUT2D eigenvalue weighted by atomic mass is 16.5. The standard InChI is InChI=1S/C24H26N4O3/c1-15-11-17-7-5-6-8-18(17)30-20(15)14-28(4)21(29)10-9-16-12-19-22(26-13-16)27-23(25)24(2,3)31-19/h5-10,12-13H,11,14H2,1-4H3,(H2,25,26,27)/b10-9+. The van der Waals surface area contributed by atoms with E-state index in [4.69, 9.17) is 15.2 Å². The average molecular weight is 418 g/mol. The molecule has 2 aliphatic heterocycles. The zero-order valence-corrected chi connectivity index (χ0v) is 18.2. The van der Waals surface area contributed by atoms with Crippen molar-refractivity contribution in [2.24, 2.45) is 10.7 Å². The third kappa shape index (κ3) is 4.30. The molecule has 0 spiro atoms. The number of fused-ring (bicyclic) bond motifs is 2. The molecule has 1 aromatic carbocycles. The first kappa shape index (κ1) is 20.7. The summed E-state index contributed by atoms with van der Waals surface area (Å²) in [6, 6.07) is 9.77. The van der Waals surface area contributed by atoms with Gasteiger partial charge in [0.1, 0.15) is 17.3 Å². The third-order valence-electron chi connectivity index (χ3n) is 5.38. The monoisotopic (exact) mass is 418 g/mol. The van der Waals surface area contributed by atoms with E-state index < -0.39 is 5.60 Å². The van der Waals surface area contributed by atoms with Crippen molar-refractivity contribution in [3.05, 3.63) is 65.1 Å². The number of pyridine rings is 1. The molecule has 4 rings (SSSR count). The largest absolute Gasteiger partial charge is 0.476 e. The molecule has 0 aliphatic carbocycles. The first-order valence-corrected chi connectivity index (χ1v) is 10.1. The van der Waals surface area contributed by atoms with E-state index in [1.165, 1.54) is 6.08 Å². The summed E-state index contributed by atoms with van der Waals surface area (Å²) in [5.74, 6) is 2.89. The Kier molecular flexibility index (Phi) is 5.27. The maximum absolute atomic E-state index is 12.6. The summed E-state index contributed by atoms with van der Waals surface area (Å²) in [5.41, 5.74) is 8.25. The first-order valence-electron chi connectivity index (χ1n) is 10.1. The first-order chi connectivity index (χ1) is 14.7. The SMILES string of the molecule is CC1=C(CN(C)C(=O)/C=C/c2cnc3c(c2)OC(C)(C)C(N)=N3)Oc2ccccc2C1. The highest BCUT2D eigenvalue weighted by molar-refractivity contribution is 5.93. The van der Waals surface area contributed by atoms with Crippen LogP contribution in [0.2, 0.25) is 0 Å². The van der Waals surface area contributed by atoms with Gasteiger partial charge in [0.2, 0.25) is 5.91 Å². The van der Waals surface area contributed by atoms with Gasteiger partial charge < -0.3 is 20.1 Å². The second-order valence-corrected chi connectivity index (χ2v) is 8.32. The van der Waals surface area contributed by atoms with Gasteiger partial charge in [0.05, 0.1) is 6.54 Å². The summed E-state index contributed by atoms with van der Waals surface area (Å²) >= 11 is 0. The Morgan fingerprint density at radius 1 is 1.29 bits per heavy atom. The molecule has 7 nitrogen and oxygen atoms in total. The molecule has 0 fully saturated rings. The Bertz CT molecular complexity index is 1130. The summed E-state index contributed by atoms with van der Waals surface area (Å²) in [7, 11) is 1.76. The van der Waals surface area contributed by atoms with Crippen LogP contribution in [0.3, 0.4) is 0 Å². The van der Waals surface area contributed by atoms with Crippen molar-refractivity contribution in [3.8, 4) is 11.5 Å². The van der Waals surface area contributed by atoms with Crippen molar-refractivity contribution in [2.45, 2.75) is 32.8 Å². The van der Waals surface area contributed by atoms with Crippen molar-refractivity contribution < 1.29 is 14.3 Å². The molecule has 31 heavy (non-hydrogen) atoms. The van der Waals surface area contributed by atoms with E-state index >= 15 is 0 Å². The van der Waals surface area contributed by atoms with Crippen LogP contribution < -0.4 is 15.2 Å². The van der Waals surface area contributed by atoms with Gasteiger partial charge in [-0.3, -0.25) is 4.79 Å². The lowest BCUT2D eigenvalue weighted by Gasteiger charge is -2.29. The van der Waals surface area contributed by atoms with Gasteiger partial charge in [-0.25, -0.2) is 9.98 Å². The number of hydrogen-bond acceptors (Lipinski definition) is 6. The Balaban J connectivity index is 1.43. The number of carbonyl (C=O) groups excluding carboxylic acids is 1.